The molecule has 0 radical (unpaired) electrons. The molecule has 0 aliphatic carbocycles. The summed E-state index contributed by atoms with van der Waals surface area (Å²) >= 11 is 3.29. The van der Waals surface area contributed by atoms with E-state index in [9.17, 15) is 4.39 Å². The SMILES string of the molecule is CNC(Cc1ccc(Br)cc1F)C1Cc2ccccc2O1. The van der Waals surface area contributed by atoms with E-state index in [1.165, 1.54) is 11.6 Å². The van der Waals surface area contributed by atoms with E-state index >= 15 is 0 Å². The summed E-state index contributed by atoms with van der Waals surface area (Å²) in [6.45, 7) is 0. The maximum absolute atomic E-state index is 14.0. The minimum absolute atomic E-state index is 0.0375. The van der Waals surface area contributed by atoms with Crippen LogP contribution in [0.25, 0.3) is 0 Å². The monoisotopic (exact) mass is 349 g/mol. The van der Waals surface area contributed by atoms with E-state index in [1.807, 2.05) is 37.4 Å². The Morgan fingerprint density at radius 3 is 2.86 bits per heavy atom. The second-order valence-corrected chi connectivity index (χ2v) is 6.22. The second kappa shape index (κ2) is 6.16. The van der Waals surface area contributed by atoms with Gasteiger partial charge in [-0.2, -0.15) is 0 Å². The first-order valence-corrected chi connectivity index (χ1v) is 7.82. The summed E-state index contributed by atoms with van der Waals surface area (Å²) in [6.07, 6.45) is 1.50. The molecular weight excluding hydrogens is 333 g/mol. The highest BCUT2D eigenvalue weighted by Crippen LogP contribution is 2.30. The Kier molecular flexibility index (Phi) is 4.27. The van der Waals surface area contributed by atoms with Gasteiger partial charge in [-0.1, -0.05) is 40.2 Å². The van der Waals surface area contributed by atoms with Crippen LogP contribution in [0.1, 0.15) is 11.1 Å². The number of fused-ring (bicyclic) bond motifs is 1. The number of halogens is 2. The van der Waals surface area contributed by atoms with Gasteiger partial charge in [-0.3, -0.25) is 0 Å². The van der Waals surface area contributed by atoms with Crippen LogP contribution in [0.2, 0.25) is 0 Å². The Morgan fingerprint density at radius 1 is 1.33 bits per heavy atom. The Morgan fingerprint density at radius 2 is 2.14 bits per heavy atom. The number of rotatable bonds is 4. The fraction of sp³-hybridized carbons (Fsp3) is 0.294. The van der Waals surface area contributed by atoms with Crippen LogP contribution >= 0.6 is 15.9 Å². The summed E-state index contributed by atoms with van der Waals surface area (Å²) in [5, 5.41) is 3.27. The van der Waals surface area contributed by atoms with E-state index < -0.39 is 0 Å². The average molecular weight is 350 g/mol. The zero-order valence-corrected chi connectivity index (χ0v) is 13.4. The second-order valence-electron chi connectivity index (χ2n) is 5.30. The third-order valence-corrected chi connectivity index (χ3v) is 4.44. The summed E-state index contributed by atoms with van der Waals surface area (Å²) in [7, 11) is 1.90. The molecule has 2 aromatic rings. The van der Waals surface area contributed by atoms with Gasteiger partial charge < -0.3 is 10.1 Å². The van der Waals surface area contributed by atoms with Crippen molar-refractivity contribution in [3.63, 3.8) is 0 Å². The number of likely N-dealkylation sites (N-methyl/N-ethyl adjacent to an activating group) is 1. The molecule has 1 aliphatic rings. The number of para-hydroxylation sites is 1. The zero-order valence-electron chi connectivity index (χ0n) is 11.8. The van der Waals surface area contributed by atoms with Crippen molar-refractivity contribution in [3.05, 3.63) is 63.9 Å². The fourth-order valence-corrected chi connectivity index (χ4v) is 3.11. The molecule has 1 aliphatic heterocycles. The molecule has 0 saturated carbocycles. The summed E-state index contributed by atoms with van der Waals surface area (Å²) in [4.78, 5) is 0. The minimum Gasteiger partial charge on any atom is -0.488 e. The topological polar surface area (TPSA) is 21.3 Å². The number of benzene rings is 2. The number of ether oxygens (including phenoxy) is 1. The standard InChI is InChI=1S/C17H17BrFNO/c1-20-15(8-11-6-7-13(18)10-14(11)19)17-9-12-4-2-3-5-16(12)21-17/h2-7,10,15,17,20H,8-9H2,1H3. The van der Waals surface area contributed by atoms with Gasteiger partial charge in [-0.25, -0.2) is 4.39 Å². The van der Waals surface area contributed by atoms with Crippen molar-refractivity contribution in [1.29, 1.82) is 0 Å². The molecule has 1 N–H and O–H groups in total. The molecular formula is C17H17BrFNO. The van der Waals surface area contributed by atoms with E-state index in [0.29, 0.717) is 12.0 Å². The molecule has 3 rings (SSSR count). The fourth-order valence-electron chi connectivity index (χ4n) is 2.78. The number of nitrogens with one attached hydrogen (secondary N) is 1. The highest BCUT2D eigenvalue weighted by atomic mass is 79.9. The molecule has 0 fully saturated rings. The van der Waals surface area contributed by atoms with Crippen LogP contribution in [0, 0.1) is 5.82 Å². The molecule has 21 heavy (non-hydrogen) atoms. The lowest BCUT2D eigenvalue weighted by atomic mass is 9.98. The molecule has 2 atom stereocenters. The Hall–Kier alpha value is -1.39. The molecule has 0 aromatic heterocycles. The van der Waals surface area contributed by atoms with E-state index in [4.69, 9.17) is 4.74 Å². The van der Waals surface area contributed by atoms with Gasteiger partial charge in [0.05, 0.1) is 0 Å². The summed E-state index contributed by atoms with van der Waals surface area (Å²) < 4.78 is 20.8. The van der Waals surface area contributed by atoms with Gasteiger partial charge >= 0.3 is 0 Å². The van der Waals surface area contributed by atoms with Crippen LogP contribution < -0.4 is 10.1 Å². The van der Waals surface area contributed by atoms with Gasteiger partial charge in [-0.05, 0) is 42.8 Å². The van der Waals surface area contributed by atoms with Crippen LogP contribution in [0.15, 0.2) is 46.9 Å². The van der Waals surface area contributed by atoms with Crippen LogP contribution in [0.4, 0.5) is 4.39 Å². The molecule has 2 aromatic carbocycles. The van der Waals surface area contributed by atoms with E-state index in [2.05, 4.69) is 27.3 Å². The molecule has 1 heterocycles. The van der Waals surface area contributed by atoms with Crippen molar-refractivity contribution < 1.29 is 9.13 Å². The quantitative estimate of drug-likeness (QED) is 0.908. The first-order chi connectivity index (χ1) is 10.2. The van der Waals surface area contributed by atoms with Gasteiger partial charge in [0.15, 0.2) is 0 Å². The smallest absolute Gasteiger partial charge is 0.127 e. The van der Waals surface area contributed by atoms with Crippen LogP contribution in [-0.2, 0) is 12.8 Å². The molecule has 0 saturated heterocycles. The Bertz CT molecular complexity index is 621. The van der Waals surface area contributed by atoms with Crippen LogP contribution in [0.3, 0.4) is 0 Å². The molecule has 0 amide bonds. The van der Waals surface area contributed by atoms with Gasteiger partial charge in [0, 0.05) is 16.9 Å². The minimum atomic E-state index is -0.180. The van der Waals surface area contributed by atoms with Crippen molar-refractivity contribution >= 4 is 15.9 Å². The van der Waals surface area contributed by atoms with Crippen LogP contribution in [0.5, 0.6) is 5.75 Å². The van der Waals surface area contributed by atoms with Crippen molar-refractivity contribution in [1.82, 2.24) is 5.32 Å². The Balaban J connectivity index is 1.75. The molecule has 0 bridgehead atoms. The van der Waals surface area contributed by atoms with Crippen molar-refractivity contribution in [3.8, 4) is 5.75 Å². The predicted molar refractivity (Wildman–Crippen MR) is 85.2 cm³/mol. The van der Waals surface area contributed by atoms with Gasteiger partial charge in [0.25, 0.3) is 0 Å². The lowest BCUT2D eigenvalue weighted by Gasteiger charge is -2.23. The highest BCUT2D eigenvalue weighted by Gasteiger charge is 2.29. The normalized spacial score (nSPS) is 18.1. The third kappa shape index (κ3) is 3.11. The lowest BCUT2D eigenvalue weighted by Crippen LogP contribution is -2.42. The van der Waals surface area contributed by atoms with E-state index in [-0.39, 0.29) is 18.0 Å². The molecule has 2 nitrogen and oxygen atoms in total. The lowest BCUT2D eigenvalue weighted by molar-refractivity contribution is 0.181. The van der Waals surface area contributed by atoms with Crippen LogP contribution in [-0.4, -0.2) is 19.2 Å². The first kappa shape index (κ1) is 14.5. The molecule has 2 unspecified atom stereocenters. The van der Waals surface area contributed by atoms with Gasteiger partial charge in [0.2, 0.25) is 0 Å². The first-order valence-electron chi connectivity index (χ1n) is 7.03. The van der Waals surface area contributed by atoms with E-state index in [1.54, 1.807) is 0 Å². The summed E-state index contributed by atoms with van der Waals surface area (Å²) in [5.74, 6) is 0.763. The number of hydrogen-bond donors (Lipinski definition) is 1. The maximum atomic E-state index is 14.0. The van der Waals surface area contributed by atoms with Crippen molar-refractivity contribution in [2.24, 2.45) is 0 Å². The highest BCUT2D eigenvalue weighted by molar-refractivity contribution is 9.10. The van der Waals surface area contributed by atoms with Crippen molar-refractivity contribution in [2.75, 3.05) is 7.05 Å². The molecule has 110 valence electrons. The number of hydrogen-bond acceptors (Lipinski definition) is 2. The summed E-state index contributed by atoms with van der Waals surface area (Å²) in [5.41, 5.74) is 1.93. The van der Waals surface area contributed by atoms with E-state index in [0.717, 1.165) is 16.6 Å². The van der Waals surface area contributed by atoms with Gasteiger partial charge in [0.1, 0.15) is 17.7 Å². The predicted octanol–water partition coefficient (Wildman–Crippen LogP) is 3.72. The molecule has 0 spiro atoms. The zero-order chi connectivity index (χ0) is 14.8. The summed E-state index contributed by atoms with van der Waals surface area (Å²) in [6, 6.07) is 13.4. The molecule has 4 heteroatoms. The van der Waals surface area contributed by atoms with Crippen molar-refractivity contribution in [2.45, 2.75) is 25.0 Å². The largest absolute Gasteiger partial charge is 0.488 e. The Labute approximate surface area is 132 Å². The average Bonchev–Trinajstić information content (AvgIpc) is 2.90. The maximum Gasteiger partial charge on any atom is 0.127 e. The van der Waals surface area contributed by atoms with Gasteiger partial charge in [-0.15, -0.1) is 0 Å². The third-order valence-electron chi connectivity index (χ3n) is 3.95.